The largest absolute Gasteiger partial charge is 0.467 e. The molecule has 2 rings (SSSR count). The Balaban J connectivity index is 2.24. The zero-order valence-electron chi connectivity index (χ0n) is 8.84. The van der Waals surface area contributed by atoms with E-state index in [0.29, 0.717) is 6.42 Å². The highest BCUT2D eigenvalue weighted by Gasteiger charge is 2.17. The summed E-state index contributed by atoms with van der Waals surface area (Å²) in [7, 11) is 1.28. The summed E-state index contributed by atoms with van der Waals surface area (Å²) in [4.78, 5) is 11.1. The second-order valence-corrected chi connectivity index (χ2v) is 4.41. The Labute approximate surface area is 97.3 Å². The highest BCUT2D eigenvalue weighted by atomic mass is 32.1. The Kier molecular flexibility index (Phi) is 3.22. The van der Waals surface area contributed by atoms with Gasteiger partial charge in [0.1, 0.15) is 0 Å². The van der Waals surface area contributed by atoms with Crippen molar-refractivity contribution in [1.29, 1.82) is 0 Å². The molecule has 4 heteroatoms. The number of hydrogen-bond donors (Lipinski definition) is 1. The molecule has 0 amide bonds. The van der Waals surface area contributed by atoms with Crippen molar-refractivity contribution in [3.05, 3.63) is 35.2 Å². The van der Waals surface area contributed by atoms with E-state index in [4.69, 9.17) is 0 Å². The number of hydrogen-bond acceptors (Lipinski definition) is 4. The van der Waals surface area contributed by atoms with Crippen LogP contribution in [0.4, 0.5) is 0 Å². The van der Waals surface area contributed by atoms with Gasteiger partial charge in [0.25, 0.3) is 0 Å². The lowest BCUT2D eigenvalue weighted by molar-refractivity contribution is -0.150. The summed E-state index contributed by atoms with van der Waals surface area (Å²) < 4.78 is 5.65. The van der Waals surface area contributed by atoms with Gasteiger partial charge in [0.05, 0.1) is 7.11 Å². The zero-order chi connectivity index (χ0) is 11.5. The van der Waals surface area contributed by atoms with Crippen molar-refractivity contribution in [3.63, 3.8) is 0 Å². The van der Waals surface area contributed by atoms with Crippen molar-refractivity contribution in [2.75, 3.05) is 7.11 Å². The number of benzene rings is 1. The Morgan fingerprint density at radius 3 is 3.00 bits per heavy atom. The quantitative estimate of drug-likeness (QED) is 0.829. The molecule has 1 aromatic heterocycles. The normalized spacial score (nSPS) is 12.6. The van der Waals surface area contributed by atoms with Crippen LogP contribution in [0.5, 0.6) is 0 Å². The van der Waals surface area contributed by atoms with Crippen LogP contribution in [0.25, 0.3) is 10.1 Å². The molecule has 0 radical (unpaired) electrons. The average Bonchev–Trinajstić information content (AvgIpc) is 2.72. The number of rotatable bonds is 3. The van der Waals surface area contributed by atoms with Gasteiger partial charge in [0, 0.05) is 11.1 Å². The van der Waals surface area contributed by atoms with E-state index in [1.165, 1.54) is 7.11 Å². The second kappa shape index (κ2) is 4.63. The molecule has 0 aliphatic carbocycles. The fourth-order valence-corrected chi connectivity index (χ4v) is 2.59. The summed E-state index contributed by atoms with van der Waals surface area (Å²) in [5.74, 6) is -0.588. The highest BCUT2D eigenvalue weighted by Crippen LogP contribution is 2.26. The van der Waals surface area contributed by atoms with Crippen LogP contribution in [0, 0.1) is 0 Å². The molecule has 0 aliphatic heterocycles. The SMILES string of the molecule is COC(=O)C(O)Cc1csc2ccccc12. The Morgan fingerprint density at radius 2 is 2.25 bits per heavy atom. The fraction of sp³-hybridized carbons (Fsp3) is 0.250. The van der Waals surface area contributed by atoms with E-state index in [1.54, 1.807) is 11.3 Å². The molecular weight excluding hydrogens is 224 g/mol. The molecule has 0 bridgehead atoms. The molecule has 0 saturated heterocycles. The first kappa shape index (κ1) is 11.1. The number of methoxy groups -OCH3 is 1. The minimum absolute atomic E-state index is 0.302. The van der Waals surface area contributed by atoms with Gasteiger partial charge in [-0.3, -0.25) is 0 Å². The Bertz CT molecular complexity index is 504. The Hall–Kier alpha value is -1.39. The minimum Gasteiger partial charge on any atom is -0.467 e. The number of aliphatic hydroxyl groups is 1. The van der Waals surface area contributed by atoms with Crippen molar-refractivity contribution >= 4 is 27.4 Å². The Morgan fingerprint density at radius 1 is 1.50 bits per heavy atom. The number of aliphatic hydroxyl groups excluding tert-OH is 1. The second-order valence-electron chi connectivity index (χ2n) is 3.50. The lowest BCUT2D eigenvalue weighted by Gasteiger charge is -2.06. The third-order valence-electron chi connectivity index (χ3n) is 2.45. The maximum Gasteiger partial charge on any atom is 0.335 e. The van der Waals surface area contributed by atoms with Gasteiger partial charge in [0.2, 0.25) is 0 Å². The monoisotopic (exact) mass is 236 g/mol. The molecule has 0 aliphatic rings. The summed E-state index contributed by atoms with van der Waals surface area (Å²) in [5.41, 5.74) is 0.985. The summed E-state index contributed by atoms with van der Waals surface area (Å²) in [6.45, 7) is 0. The van der Waals surface area contributed by atoms with Crippen molar-refractivity contribution in [3.8, 4) is 0 Å². The maximum absolute atomic E-state index is 11.1. The molecule has 84 valence electrons. The molecule has 1 atom stereocenters. The summed E-state index contributed by atoms with van der Waals surface area (Å²) in [6, 6.07) is 7.93. The number of carbonyl (C=O) groups is 1. The molecule has 3 nitrogen and oxygen atoms in total. The molecule has 0 fully saturated rings. The number of fused-ring (bicyclic) bond motifs is 1. The number of thiophene rings is 1. The van der Waals surface area contributed by atoms with Gasteiger partial charge in [-0.25, -0.2) is 4.79 Å². The van der Waals surface area contributed by atoms with Crippen LogP contribution in [0.1, 0.15) is 5.56 Å². The topological polar surface area (TPSA) is 46.5 Å². The van der Waals surface area contributed by atoms with E-state index in [1.807, 2.05) is 29.6 Å². The smallest absolute Gasteiger partial charge is 0.335 e. The van der Waals surface area contributed by atoms with E-state index in [2.05, 4.69) is 4.74 Å². The molecule has 1 heterocycles. The van der Waals surface area contributed by atoms with Crippen LogP contribution in [0.2, 0.25) is 0 Å². The van der Waals surface area contributed by atoms with Gasteiger partial charge in [-0.05, 0) is 22.4 Å². The molecule has 2 aromatic rings. The average molecular weight is 236 g/mol. The lowest BCUT2D eigenvalue weighted by Crippen LogP contribution is -2.23. The number of carbonyl (C=O) groups excluding carboxylic acids is 1. The number of esters is 1. The minimum atomic E-state index is -1.08. The van der Waals surface area contributed by atoms with Crippen molar-refractivity contribution in [2.45, 2.75) is 12.5 Å². The predicted molar refractivity (Wildman–Crippen MR) is 63.6 cm³/mol. The molecule has 16 heavy (non-hydrogen) atoms. The third kappa shape index (κ3) is 2.08. The van der Waals surface area contributed by atoms with Gasteiger partial charge in [0.15, 0.2) is 6.10 Å². The zero-order valence-corrected chi connectivity index (χ0v) is 9.66. The van der Waals surface area contributed by atoms with Crippen LogP contribution in [0.15, 0.2) is 29.6 Å². The molecule has 0 saturated carbocycles. The number of ether oxygens (including phenoxy) is 1. The van der Waals surface area contributed by atoms with Crippen LogP contribution in [-0.2, 0) is 16.0 Å². The summed E-state index contributed by atoms with van der Waals surface area (Å²) in [5, 5.41) is 12.6. The first-order valence-corrected chi connectivity index (χ1v) is 5.81. The van der Waals surface area contributed by atoms with E-state index in [-0.39, 0.29) is 0 Å². The van der Waals surface area contributed by atoms with Gasteiger partial charge in [-0.2, -0.15) is 0 Å². The summed E-state index contributed by atoms with van der Waals surface area (Å²) >= 11 is 1.61. The van der Waals surface area contributed by atoms with Gasteiger partial charge < -0.3 is 9.84 Å². The van der Waals surface area contributed by atoms with Crippen molar-refractivity contribution in [2.24, 2.45) is 0 Å². The first-order valence-electron chi connectivity index (χ1n) is 4.93. The molecule has 1 unspecified atom stereocenters. The molecular formula is C12H12O3S. The standard InChI is InChI=1S/C12H12O3S/c1-15-12(14)10(13)6-8-7-16-11-5-3-2-4-9(8)11/h2-5,7,10,13H,6H2,1H3. The highest BCUT2D eigenvalue weighted by molar-refractivity contribution is 7.17. The molecule has 1 N–H and O–H groups in total. The molecule has 1 aromatic carbocycles. The van der Waals surface area contributed by atoms with E-state index in [0.717, 1.165) is 15.6 Å². The van der Waals surface area contributed by atoms with E-state index >= 15 is 0 Å². The fourth-order valence-electron chi connectivity index (χ4n) is 1.62. The van der Waals surface area contributed by atoms with Crippen LogP contribution in [-0.4, -0.2) is 24.3 Å². The molecule has 0 spiro atoms. The summed E-state index contributed by atoms with van der Waals surface area (Å²) in [6.07, 6.45) is -0.778. The third-order valence-corrected chi connectivity index (χ3v) is 3.46. The van der Waals surface area contributed by atoms with Crippen LogP contribution >= 0.6 is 11.3 Å². The predicted octanol–water partition coefficient (Wildman–Crippen LogP) is 1.98. The van der Waals surface area contributed by atoms with Crippen LogP contribution in [0.3, 0.4) is 0 Å². The van der Waals surface area contributed by atoms with Gasteiger partial charge >= 0.3 is 5.97 Å². The van der Waals surface area contributed by atoms with Gasteiger partial charge in [-0.15, -0.1) is 11.3 Å². The van der Waals surface area contributed by atoms with E-state index in [9.17, 15) is 9.90 Å². The van der Waals surface area contributed by atoms with Gasteiger partial charge in [-0.1, -0.05) is 18.2 Å². The van der Waals surface area contributed by atoms with Crippen molar-refractivity contribution < 1.29 is 14.6 Å². The van der Waals surface area contributed by atoms with Crippen LogP contribution < -0.4 is 0 Å². The van der Waals surface area contributed by atoms with E-state index < -0.39 is 12.1 Å². The first-order chi connectivity index (χ1) is 7.72. The van der Waals surface area contributed by atoms with Crippen molar-refractivity contribution in [1.82, 2.24) is 0 Å². The lowest BCUT2D eigenvalue weighted by atomic mass is 10.1. The maximum atomic E-state index is 11.1.